The molecular weight excluding hydrogens is 260 g/mol. The molecule has 0 fully saturated rings. The summed E-state index contributed by atoms with van der Waals surface area (Å²) in [4.78, 5) is 10.8. The molecule has 0 spiro atoms. The molecule has 0 aliphatic heterocycles. The minimum atomic E-state index is -0.422. The predicted molar refractivity (Wildman–Crippen MR) is 78.5 cm³/mol. The second-order valence-corrected chi connectivity index (χ2v) is 5.00. The second kappa shape index (κ2) is 7.09. The van der Waals surface area contributed by atoms with E-state index >= 15 is 0 Å². The Labute approximate surface area is 119 Å². The van der Waals surface area contributed by atoms with E-state index in [9.17, 15) is 10.1 Å². The third kappa shape index (κ3) is 4.38. The van der Waals surface area contributed by atoms with Gasteiger partial charge in [-0.1, -0.05) is 6.07 Å². The van der Waals surface area contributed by atoms with Crippen LogP contribution < -0.4 is 10.1 Å². The van der Waals surface area contributed by atoms with Crippen LogP contribution in [-0.2, 0) is 4.74 Å². The fraction of sp³-hybridized carbons (Fsp3) is 0.571. The molecule has 6 heteroatoms. The molecule has 0 unspecified atom stereocenters. The van der Waals surface area contributed by atoms with E-state index in [-0.39, 0.29) is 17.0 Å². The summed E-state index contributed by atoms with van der Waals surface area (Å²) in [6, 6.07) is 5.02. The van der Waals surface area contributed by atoms with Gasteiger partial charge in [0.25, 0.3) is 0 Å². The largest absolute Gasteiger partial charge is 0.487 e. The topological polar surface area (TPSA) is 73.6 Å². The molecule has 1 rings (SSSR count). The minimum absolute atomic E-state index is 0.0235. The molecule has 0 bridgehead atoms. The average molecular weight is 282 g/mol. The summed E-state index contributed by atoms with van der Waals surface area (Å²) in [5.41, 5.74) is 0.138. The van der Waals surface area contributed by atoms with Crippen LogP contribution in [0.2, 0.25) is 0 Å². The SMILES string of the molecule is CCNc1cccc(OCCC(C)(C)OC)c1[N+](=O)[O-]. The van der Waals surface area contributed by atoms with E-state index in [1.807, 2.05) is 20.8 Å². The van der Waals surface area contributed by atoms with E-state index in [1.54, 1.807) is 25.3 Å². The smallest absolute Gasteiger partial charge is 0.333 e. The van der Waals surface area contributed by atoms with Crippen molar-refractivity contribution < 1.29 is 14.4 Å². The third-order valence-corrected chi connectivity index (χ3v) is 3.06. The van der Waals surface area contributed by atoms with Gasteiger partial charge in [0.05, 0.1) is 17.1 Å². The summed E-state index contributed by atoms with van der Waals surface area (Å²) >= 11 is 0. The number of ether oxygens (including phenoxy) is 2. The van der Waals surface area contributed by atoms with Crippen molar-refractivity contribution in [2.45, 2.75) is 32.8 Å². The molecule has 0 aromatic heterocycles. The first kappa shape index (κ1) is 16.2. The first-order chi connectivity index (χ1) is 9.41. The Balaban J connectivity index is 2.84. The van der Waals surface area contributed by atoms with Crippen molar-refractivity contribution in [1.82, 2.24) is 0 Å². The van der Waals surface area contributed by atoms with Crippen molar-refractivity contribution in [3.63, 3.8) is 0 Å². The third-order valence-electron chi connectivity index (χ3n) is 3.06. The molecule has 0 heterocycles. The van der Waals surface area contributed by atoms with Crippen LogP contribution in [-0.4, -0.2) is 30.8 Å². The standard InChI is InChI=1S/C14H22N2O4/c1-5-15-11-7-6-8-12(13(11)16(17)18)20-10-9-14(2,3)19-4/h6-8,15H,5,9-10H2,1-4H3. The van der Waals surface area contributed by atoms with Gasteiger partial charge in [-0.05, 0) is 32.9 Å². The van der Waals surface area contributed by atoms with Gasteiger partial charge in [-0.15, -0.1) is 0 Å². The van der Waals surface area contributed by atoms with Crippen molar-refractivity contribution in [3.8, 4) is 5.75 Å². The van der Waals surface area contributed by atoms with Gasteiger partial charge in [-0.3, -0.25) is 10.1 Å². The summed E-state index contributed by atoms with van der Waals surface area (Å²) < 4.78 is 10.9. The zero-order valence-electron chi connectivity index (χ0n) is 12.4. The number of methoxy groups -OCH3 is 1. The highest BCUT2D eigenvalue weighted by Crippen LogP contribution is 2.34. The Kier molecular flexibility index (Phi) is 5.76. The maximum absolute atomic E-state index is 11.2. The van der Waals surface area contributed by atoms with E-state index in [4.69, 9.17) is 9.47 Å². The van der Waals surface area contributed by atoms with Crippen LogP contribution in [0.15, 0.2) is 18.2 Å². The molecule has 0 saturated carbocycles. The highest BCUT2D eigenvalue weighted by Gasteiger charge is 2.22. The zero-order chi connectivity index (χ0) is 15.2. The number of hydrogen-bond acceptors (Lipinski definition) is 5. The number of nitro benzene ring substituents is 1. The first-order valence-corrected chi connectivity index (χ1v) is 6.60. The lowest BCUT2D eigenvalue weighted by atomic mass is 10.1. The number of nitro groups is 1. The minimum Gasteiger partial charge on any atom is -0.487 e. The van der Waals surface area contributed by atoms with E-state index in [2.05, 4.69) is 5.32 Å². The molecule has 0 amide bonds. The zero-order valence-corrected chi connectivity index (χ0v) is 12.4. The molecular formula is C14H22N2O4. The lowest BCUT2D eigenvalue weighted by Gasteiger charge is -2.22. The lowest BCUT2D eigenvalue weighted by Crippen LogP contribution is -2.25. The molecule has 0 saturated heterocycles. The van der Waals surface area contributed by atoms with Crippen LogP contribution in [0.4, 0.5) is 11.4 Å². The molecule has 0 aliphatic rings. The number of anilines is 1. The maximum Gasteiger partial charge on any atom is 0.333 e. The lowest BCUT2D eigenvalue weighted by molar-refractivity contribution is -0.385. The van der Waals surface area contributed by atoms with Crippen LogP contribution in [0.5, 0.6) is 5.75 Å². The van der Waals surface area contributed by atoms with Crippen molar-refractivity contribution >= 4 is 11.4 Å². The normalized spacial score (nSPS) is 11.2. The Hall–Kier alpha value is -1.82. The Morgan fingerprint density at radius 3 is 2.65 bits per heavy atom. The highest BCUT2D eigenvalue weighted by molar-refractivity contribution is 5.68. The van der Waals surface area contributed by atoms with E-state index < -0.39 is 4.92 Å². The summed E-state index contributed by atoms with van der Waals surface area (Å²) in [6.07, 6.45) is 0.645. The number of para-hydroxylation sites is 1. The van der Waals surface area contributed by atoms with E-state index in [0.717, 1.165) is 0 Å². The molecule has 0 aliphatic carbocycles. The number of nitrogens with one attached hydrogen (secondary N) is 1. The van der Waals surface area contributed by atoms with Crippen molar-refractivity contribution in [2.24, 2.45) is 0 Å². The molecule has 20 heavy (non-hydrogen) atoms. The van der Waals surface area contributed by atoms with Crippen LogP contribution in [0, 0.1) is 10.1 Å². The van der Waals surface area contributed by atoms with Gasteiger partial charge in [0.15, 0.2) is 5.75 Å². The van der Waals surface area contributed by atoms with Gasteiger partial charge >= 0.3 is 5.69 Å². The number of hydrogen-bond donors (Lipinski definition) is 1. The van der Waals surface area contributed by atoms with E-state index in [1.165, 1.54) is 0 Å². The van der Waals surface area contributed by atoms with Gasteiger partial charge in [-0.25, -0.2) is 0 Å². The van der Waals surface area contributed by atoms with Crippen LogP contribution in [0.1, 0.15) is 27.2 Å². The molecule has 1 aromatic carbocycles. The molecule has 112 valence electrons. The van der Waals surface area contributed by atoms with Crippen LogP contribution in [0.25, 0.3) is 0 Å². The van der Waals surface area contributed by atoms with Gasteiger partial charge < -0.3 is 14.8 Å². The van der Waals surface area contributed by atoms with Gasteiger partial charge in [0.2, 0.25) is 0 Å². The Bertz CT molecular complexity index is 460. The quantitative estimate of drug-likeness (QED) is 0.585. The number of rotatable bonds is 8. The van der Waals surface area contributed by atoms with Crippen LogP contribution >= 0.6 is 0 Å². The molecule has 0 radical (unpaired) electrons. The predicted octanol–water partition coefficient (Wildman–Crippen LogP) is 3.22. The van der Waals surface area contributed by atoms with Crippen molar-refractivity contribution in [2.75, 3.05) is 25.6 Å². The van der Waals surface area contributed by atoms with Gasteiger partial charge in [0, 0.05) is 20.1 Å². The van der Waals surface area contributed by atoms with Crippen molar-refractivity contribution in [3.05, 3.63) is 28.3 Å². The number of nitrogens with zero attached hydrogens (tertiary/aromatic N) is 1. The monoisotopic (exact) mass is 282 g/mol. The Morgan fingerprint density at radius 1 is 1.40 bits per heavy atom. The molecule has 1 N–H and O–H groups in total. The molecule has 0 atom stereocenters. The second-order valence-electron chi connectivity index (χ2n) is 5.00. The van der Waals surface area contributed by atoms with Crippen molar-refractivity contribution in [1.29, 1.82) is 0 Å². The fourth-order valence-corrected chi connectivity index (χ4v) is 1.67. The summed E-state index contributed by atoms with van der Waals surface area (Å²) in [5, 5.41) is 14.2. The fourth-order valence-electron chi connectivity index (χ4n) is 1.67. The van der Waals surface area contributed by atoms with Gasteiger partial charge in [0.1, 0.15) is 5.69 Å². The van der Waals surface area contributed by atoms with E-state index in [0.29, 0.717) is 25.3 Å². The summed E-state index contributed by atoms with van der Waals surface area (Å²) in [6.45, 7) is 6.75. The first-order valence-electron chi connectivity index (χ1n) is 6.60. The highest BCUT2D eigenvalue weighted by atomic mass is 16.6. The Morgan fingerprint density at radius 2 is 2.10 bits per heavy atom. The number of benzene rings is 1. The summed E-state index contributed by atoms with van der Waals surface area (Å²) in [5.74, 6) is 0.278. The maximum atomic E-state index is 11.2. The molecule has 6 nitrogen and oxygen atoms in total. The average Bonchev–Trinajstić information content (AvgIpc) is 2.39. The van der Waals surface area contributed by atoms with Crippen LogP contribution in [0.3, 0.4) is 0 Å². The van der Waals surface area contributed by atoms with Gasteiger partial charge in [-0.2, -0.15) is 0 Å². The summed E-state index contributed by atoms with van der Waals surface area (Å²) in [7, 11) is 1.63. The molecule has 1 aromatic rings.